The van der Waals surface area contributed by atoms with Crippen molar-refractivity contribution < 1.29 is 4.79 Å². The largest absolute Gasteiger partial charge is 0.327 e. The SMILES string of the molecule is CC(C)(C)CC(=O)N1CCCCC1C#N. The highest BCUT2D eigenvalue weighted by atomic mass is 16.2. The minimum absolute atomic E-state index is 0.00847. The summed E-state index contributed by atoms with van der Waals surface area (Å²) in [6, 6.07) is 2.04. The van der Waals surface area contributed by atoms with Crippen LogP contribution in [0.5, 0.6) is 0 Å². The molecular weight excluding hydrogens is 188 g/mol. The van der Waals surface area contributed by atoms with E-state index < -0.39 is 0 Å². The molecule has 1 aliphatic heterocycles. The van der Waals surface area contributed by atoms with Gasteiger partial charge in [0.2, 0.25) is 5.91 Å². The highest BCUT2D eigenvalue weighted by Crippen LogP contribution is 2.23. The van der Waals surface area contributed by atoms with Gasteiger partial charge in [-0.05, 0) is 24.7 Å². The van der Waals surface area contributed by atoms with Crippen molar-refractivity contribution in [2.24, 2.45) is 5.41 Å². The molecule has 0 saturated carbocycles. The van der Waals surface area contributed by atoms with Crippen molar-refractivity contribution in [3.8, 4) is 6.07 Å². The molecule has 0 aromatic carbocycles. The van der Waals surface area contributed by atoms with E-state index in [9.17, 15) is 4.79 Å². The average molecular weight is 208 g/mol. The summed E-state index contributed by atoms with van der Waals surface area (Å²) in [5.74, 6) is 0.133. The van der Waals surface area contributed by atoms with Crippen LogP contribution in [0, 0.1) is 16.7 Å². The fourth-order valence-electron chi connectivity index (χ4n) is 1.92. The van der Waals surface area contributed by atoms with Crippen molar-refractivity contribution in [2.45, 2.75) is 52.5 Å². The molecule has 1 aliphatic rings. The van der Waals surface area contributed by atoms with E-state index in [0.29, 0.717) is 6.42 Å². The Kier molecular flexibility index (Phi) is 3.73. The minimum atomic E-state index is -0.186. The molecule has 84 valence electrons. The van der Waals surface area contributed by atoms with Gasteiger partial charge in [0.05, 0.1) is 6.07 Å². The van der Waals surface area contributed by atoms with Crippen molar-refractivity contribution in [1.82, 2.24) is 4.90 Å². The molecule has 1 heterocycles. The molecule has 1 fully saturated rings. The maximum atomic E-state index is 12.0. The number of hydrogen-bond acceptors (Lipinski definition) is 2. The lowest BCUT2D eigenvalue weighted by Gasteiger charge is -2.33. The third-order valence-corrected chi connectivity index (χ3v) is 2.65. The Morgan fingerprint density at radius 3 is 2.67 bits per heavy atom. The van der Waals surface area contributed by atoms with E-state index in [1.807, 2.05) is 0 Å². The van der Waals surface area contributed by atoms with E-state index in [2.05, 4.69) is 26.8 Å². The normalized spacial score (nSPS) is 22.3. The van der Waals surface area contributed by atoms with Gasteiger partial charge in [-0.2, -0.15) is 5.26 Å². The van der Waals surface area contributed by atoms with Crippen molar-refractivity contribution in [3.63, 3.8) is 0 Å². The molecule has 0 bridgehead atoms. The monoisotopic (exact) mass is 208 g/mol. The summed E-state index contributed by atoms with van der Waals surface area (Å²) in [4.78, 5) is 13.7. The number of likely N-dealkylation sites (tertiary alicyclic amines) is 1. The second-order valence-corrected chi connectivity index (χ2v) is 5.47. The predicted octanol–water partition coefficient (Wildman–Crippen LogP) is 2.33. The van der Waals surface area contributed by atoms with Crippen molar-refractivity contribution in [3.05, 3.63) is 0 Å². The standard InChI is InChI=1S/C12H20N2O/c1-12(2,3)8-11(15)14-7-5-4-6-10(14)9-13/h10H,4-8H2,1-3H3. The zero-order valence-electron chi connectivity index (χ0n) is 9.92. The average Bonchev–Trinajstić information content (AvgIpc) is 2.15. The van der Waals surface area contributed by atoms with Gasteiger partial charge in [0.15, 0.2) is 0 Å². The molecular formula is C12H20N2O. The first-order valence-corrected chi connectivity index (χ1v) is 5.63. The lowest BCUT2D eigenvalue weighted by Crippen LogP contribution is -2.44. The highest BCUT2D eigenvalue weighted by Gasteiger charge is 2.28. The lowest BCUT2D eigenvalue weighted by molar-refractivity contribution is -0.135. The molecule has 0 spiro atoms. The van der Waals surface area contributed by atoms with Gasteiger partial charge in [0.25, 0.3) is 0 Å². The van der Waals surface area contributed by atoms with Crippen LogP contribution in [0.1, 0.15) is 46.5 Å². The van der Waals surface area contributed by atoms with Crippen LogP contribution in [0.15, 0.2) is 0 Å². The number of nitrogens with zero attached hydrogens (tertiary/aromatic N) is 2. The summed E-state index contributed by atoms with van der Waals surface area (Å²) in [7, 11) is 0. The quantitative estimate of drug-likeness (QED) is 0.663. The Morgan fingerprint density at radius 2 is 2.13 bits per heavy atom. The van der Waals surface area contributed by atoms with Crippen molar-refractivity contribution >= 4 is 5.91 Å². The van der Waals surface area contributed by atoms with Crippen molar-refractivity contribution in [1.29, 1.82) is 5.26 Å². The zero-order valence-corrected chi connectivity index (χ0v) is 9.92. The van der Waals surface area contributed by atoms with Crippen LogP contribution >= 0.6 is 0 Å². The second kappa shape index (κ2) is 4.65. The Bertz CT molecular complexity index is 272. The van der Waals surface area contributed by atoms with Gasteiger partial charge in [-0.15, -0.1) is 0 Å². The third kappa shape index (κ3) is 3.54. The van der Waals surface area contributed by atoms with Crippen LogP contribution in [0.25, 0.3) is 0 Å². The molecule has 0 N–H and O–H groups in total. The van der Waals surface area contributed by atoms with Crippen LogP contribution in [-0.2, 0) is 4.79 Å². The van der Waals surface area contributed by atoms with Crippen LogP contribution in [-0.4, -0.2) is 23.4 Å². The molecule has 15 heavy (non-hydrogen) atoms. The number of carbonyl (C=O) groups is 1. The molecule has 0 radical (unpaired) electrons. The summed E-state index contributed by atoms with van der Waals surface area (Å²) in [5.41, 5.74) is 0.00847. The zero-order chi connectivity index (χ0) is 11.5. The fraction of sp³-hybridized carbons (Fsp3) is 0.833. The molecule has 3 heteroatoms. The van der Waals surface area contributed by atoms with E-state index >= 15 is 0 Å². The number of piperidine rings is 1. The van der Waals surface area contributed by atoms with Gasteiger partial charge in [0, 0.05) is 13.0 Å². The molecule has 0 aliphatic carbocycles. The van der Waals surface area contributed by atoms with E-state index in [0.717, 1.165) is 25.8 Å². The van der Waals surface area contributed by atoms with Crippen LogP contribution in [0.3, 0.4) is 0 Å². The highest BCUT2D eigenvalue weighted by molar-refractivity contribution is 5.77. The molecule has 0 aromatic heterocycles. The molecule has 1 saturated heterocycles. The predicted molar refractivity (Wildman–Crippen MR) is 59.0 cm³/mol. The molecule has 0 aromatic rings. The lowest BCUT2D eigenvalue weighted by atomic mass is 9.90. The molecule has 1 amide bonds. The summed E-state index contributed by atoms with van der Waals surface area (Å²) in [5, 5.41) is 8.96. The number of rotatable bonds is 1. The number of carbonyl (C=O) groups excluding carboxylic acids is 1. The Labute approximate surface area is 92.1 Å². The summed E-state index contributed by atoms with van der Waals surface area (Å²) in [6.07, 6.45) is 3.48. The Morgan fingerprint density at radius 1 is 1.47 bits per heavy atom. The Hall–Kier alpha value is -1.04. The maximum Gasteiger partial charge on any atom is 0.224 e. The van der Waals surface area contributed by atoms with Crippen LogP contribution < -0.4 is 0 Å². The van der Waals surface area contributed by atoms with E-state index in [1.54, 1.807) is 4.90 Å². The van der Waals surface area contributed by atoms with Gasteiger partial charge >= 0.3 is 0 Å². The van der Waals surface area contributed by atoms with Gasteiger partial charge in [-0.1, -0.05) is 20.8 Å². The van der Waals surface area contributed by atoms with Crippen LogP contribution in [0.4, 0.5) is 0 Å². The van der Waals surface area contributed by atoms with Gasteiger partial charge in [-0.3, -0.25) is 4.79 Å². The summed E-state index contributed by atoms with van der Waals surface area (Å²) < 4.78 is 0. The van der Waals surface area contributed by atoms with Gasteiger partial charge < -0.3 is 4.90 Å². The minimum Gasteiger partial charge on any atom is -0.327 e. The number of amides is 1. The van der Waals surface area contributed by atoms with Gasteiger partial charge in [-0.25, -0.2) is 0 Å². The first-order chi connectivity index (χ1) is 6.94. The summed E-state index contributed by atoms with van der Waals surface area (Å²) in [6.45, 7) is 6.91. The number of nitriles is 1. The Balaban J connectivity index is 2.61. The van der Waals surface area contributed by atoms with E-state index in [-0.39, 0.29) is 17.4 Å². The smallest absolute Gasteiger partial charge is 0.224 e. The molecule has 1 unspecified atom stereocenters. The van der Waals surface area contributed by atoms with Crippen LogP contribution in [0.2, 0.25) is 0 Å². The van der Waals surface area contributed by atoms with Gasteiger partial charge in [0.1, 0.15) is 6.04 Å². The molecule has 3 nitrogen and oxygen atoms in total. The van der Waals surface area contributed by atoms with Crippen molar-refractivity contribution in [2.75, 3.05) is 6.54 Å². The fourth-order valence-corrected chi connectivity index (χ4v) is 1.92. The molecule has 1 atom stereocenters. The first kappa shape index (κ1) is 12.0. The molecule has 1 rings (SSSR count). The second-order valence-electron chi connectivity index (χ2n) is 5.47. The third-order valence-electron chi connectivity index (χ3n) is 2.65. The first-order valence-electron chi connectivity index (χ1n) is 5.63. The maximum absolute atomic E-state index is 12.0. The summed E-state index contributed by atoms with van der Waals surface area (Å²) >= 11 is 0. The topological polar surface area (TPSA) is 44.1 Å². The van der Waals surface area contributed by atoms with E-state index in [1.165, 1.54) is 0 Å². The van der Waals surface area contributed by atoms with E-state index in [4.69, 9.17) is 5.26 Å². The number of hydrogen-bond donors (Lipinski definition) is 0.